The van der Waals surface area contributed by atoms with Crippen molar-refractivity contribution < 1.29 is 0 Å². The summed E-state index contributed by atoms with van der Waals surface area (Å²) in [4.78, 5) is 0. The second-order valence-corrected chi connectivity index (χ2v) is 21.8. The van der Waals surface area contributed by atoms with E-state index < -0.39 is 21.4 Å². The van der Waals surface area contributed by atoms with E-state index in [2.05, 4.69) is 188 Å². The minimum atomic E-state index is -1.41. The average Bonchev–Trinajstić information content (AvgIpc) is 3.48. The number of fused-ring (bicyclic) bond motifs is 11. The summed E-state index contributed by atoms with van der Waals surface area (Å²) in [5.74, 6) is 0. The van der Waals surface area contributed by atoms with Crippen molar-refractivity contribution in [2.45, 2.75) is 25.1 Å². The molecule has 0 bridgehead atoms. The maximum atomic E-state index is 2.56. The van der Waals surface area contributed by atoms with Gasteiger partial charge in [0.2, 0.25) is 0 Å². The summed E-state index contributed by atoms with van der Waals surface area (Å²) in [6.07, 6.45) is 0. The Hall–Kier alpha value is -5.01. The van der Waals surface area contributed by atoms with Crippen LogP contribution in [0.4, 0.5) is 0 Å². The van der Waals surface area contributed by atoms with E-state index in [0.29, 0.717) is 0 Å². The molecule has 2 unspecified atom stereocenters. The molecule has 10 rings (SSSR count). The van der Waals surface area contributed by atoms with Crippen LogP contribution in [0.15, 0.2) is 164 Å². The summed E-state index contributed by atoms with van der Waals surface area (Å²) in [5.41, 5.74) is 11.4. The van der Waals surface area contributed by atoms with Crippen LogP contribution >= 0.6 is 7.92 Å². The van der Waals surface area contributed by atoms with Gasteiger partial charge in [-0.2, -0.15) is 0 Å². The Morgan fingerprint density at radius 1 is 0.490 bits per heavy atom. The zero-order chi connectivity index (χ0) is 32.9. The monoisotopic (exact) mass is 661 g/mol. The fourth-order valence-electron chi connectivity index (χ4n) is 8.77. The normalized spacial score (nSPS) is 17.6. The topological polar surface area (TPSA) is 4.93 Å². The summed E-state index contributed by atoms with van der Waals surface area (Å²) in [7, 11) is -2.20. The number of hydrogen-bond donors (Lipinski definition) is 0. The highest BCUT2D eigenvalue weighted by Gasteiger charge is 2.51. The molecular formula is C46H36NPSi. The van der Waals surface area contributed by atoms with Crippen LogP contribution in [-0.2, 0) is 5.41 Å². The molecule has 0 amide bonds. The third-order valence-electron chi connectivity index (χ3n) is 10.9. The Balaban J connectivity index is 1.37. The zero-order valence-corrected chi connectivity index (χ0v) is 29.9. The minimum absolute atomic E-state index is 0.492. The molecule has 1 spiro atoms. The highest BCUT2D eigenvalue weighted by molar-refractivity contribution is 7.80. The van der Waals surface area contributed by atoms with E-state index in [1.165, 1.54) is 82.0 Å². The molecule has 2 aliphatic heterocycles. The maximum Gasteiger partial charge on any atom is 0.0775 e. The van der Waals surface area contributed by atoms with Crippen LogP contribution in [0, 0.1) is 0 Å². The Bertz CT molecular complexity index is 2590. The zero-order valence-electron chi connectivity index (χ0n) is 28.0. The van der Waals surface area contributed by atoms with Gasteiger partial charge in [0.25, 0.3) is 0 Å². The molecule has 49 heavy (non-hydrogen) atoms. The predicted octanol–water partition coefficient (Wildman–Crippen LogP) is 9.76. The Morgan fingerprint density at radius 3 is 1.94 bits per heavy atom. The first-order valence-electron chi connectivity index (χ1n) is 17.3. The van der Waals surface area contributed by atoms with Crippen LogP contribution in [0.3, 0.4) is 0 Å². The first-order chi connectivity index (χ1) is 24.0. The van der Waals surface area contributed by atoms with E-state index in [-0.39, 0.29) is 0 Å². The predicted molar refractivity (Wildman–Crippen MR) is 213 cm³/mol. The van der Waals surface area contributed by atoms with E-state index in [9.17, 15) is 0 Å². The van der Waals surface area contributed by atoms with Crippen molar-refractivity contribution in [3.8, 4) is 16.8 Å². The van der Waals surface area contributed by atoms with Gasteiger partial charge < -0.3 is 4.57 Å². The van der Waals surface area contributed by atoms with Crippen LogP contribution in [-0.4, -0.2) is 12.6 Å². The van der Waals surface area contributed by atoms with Crippen molar-refractivity contribution in [3.63, 3.8) is 0 Å². The minimum Gasteiger partial charge on any atom is -0.309 e. The molecule has 0 N–H and O–H groups in total. The second kappa shape index (κ2) is 10.5. The summed E-state index contributed by atoms with van der Waals surface area (Å²) in [6.45, 7) is 7.27. The fourth-order valence-corrected chi connectivity index (χ4v) is 12.6. The molecule has 2 aliphatic rings. The highest BCUT2D eigenvalue weighted by Crippen LogP contribution is 2.58. The van der Waals surface area contributed by atoms with E-state index >= 15 is 0 Å². The van der Waals surface area contributed by atoms with E-state index in [0.717, 1.165) is 0 Å². The molecule has 0 saturated heterocycles. The molecule has 2 atom stereocenters. The van der Waals surface area contributed by atoms with E-state index in [1.807, 2.05) is 0 Å². The number of hydrogen-bond acceptors (Lipinski definition) is 0. The van der Waals surface area contributed by atoms with Gasteiger partial charge in [0.15, 0.2) is 0 Å². The Labute approximate surface area is 290 Å². The van der Waals surface area contributed by atoms with Crippen LogP contribution in [0.2, 0.25) is 19.6 Å². The standard InChI is InChI=1S/C46H36NPSi/c1-49(2,3)34-27-24-31(25-28-34)32-26-29-44-40(30-32)46(38-19-9-12-23-43(38)48(44)33-14-5-4-6-15-33)37-18-8-11-22-42(37)47-41-21-10-7-16-35(41)36-17-13-20-39(46)45(36)47/h4-30H,1-3H3. The Morgan fingerprint density at radius 2 is 1.12 bits per heavy atom. The smallest absolute Gasteiger partial charge is 0.0775 e. The van der Waals surface area contributed by atoms with Crippen LogP contribution in [0.25, 0.3) is 38.6 Å². The van der Waals surface area contributed by atoms with Gasteiger partial charge in [-0.25, -0.2) is 0 Å². The third kappa shape index (κ3) is 3.96. The largest absolute Gasteiger partial charge is 0.309 e. The molecule has 1 aromatic heterocycles. The molecule has 7 aromatic carbocycles. The van der Waals surface area contributed by atoms with Crippen molar-refractivity contribution in [1.82, 2.24) is 4.57 Å². The van der Waals surface area contributed by atoms with Crippen LogP contribution in [0.1, 0.15) is 22.3 Å². The van der Waals surface area contributed by atoms with Crippen molar-refractivity contribution in [2.24, 2.45) is 0 Å². The highest BCUT2D eigenvalue weighted by atomic mass is 31.1. The Kier molecular flexibility index (Phi) is 6.20. The molecule has 8 aromatic rings. The molecule has 3 heterocycles. The molecule has 0 saturated carbocycles. The summed E-state index contributed by atoms with van der Waals surface area (Å²) >= 11 is 0. The second-order valence-electron chi connectivity index (χ2n) is 14.6. The molecule has 0 aliphatic carbocycles. The average molecular weight is 662 g/mol. The first-order valence-corrected chi connectivity index (χ1v) is 22.1. The number of nitrogens with zero attached hydrogens (tertiary/aromatic N) is 1. The van der Waals surface area contributed by atoms with Gasteiger partial charge in [-0.05, 0) is 75.4 Å². The van der Waals surface area contributed by atoms with Gasteiger partial charge in [-0.1, -0.05) is 170 Å². The van der Waals surface area contributed by atoms with Gasteiger partial charge in [0.05, 0.1) is 30.2 Å². The summed E-state index contributed by atoms with van der Waals surface area (Å²) < 4.78 is 2.54. The van der Waals surface area contributed by atoms with E-state index in [4.69, 9.17) is 0 Å². The number of benzene rings is 7. The van der Waals surface area contributed by atoms with Gasteiger partial charge in [-0.15, -0.1) is 0 Å². The number of aromatic nitrogens is 1. The molecular weight excluding hydrogens is 626 g/mol. The maximum absolute atomic E-state index is 2.56. The van der Waals surface area contributed by atoms with Gasteiger partial charge in [0, 0.05) is 10.8 Å². The van der Waals surface area contributed by atoms with E-state index in [1.54, 1.807) is 0 Å². The van der Waals surface area contributed by atoms with Gasteiger partial charge in [-0.3, -0.25) is 0 Å². The lowest BCUT2D eigenvalue weighted by molar-refractivity contribution is 0.735. The van der Waals surface area contributed by atoms with Gasteiger partial charge >= 0.3 is 0 Å². The lowest BCUT2D eigenvalue weighted by Crippen LogP contribution is -2.47. The quantitative estimate of drug-likeness (QED) is 0.131. The van der Waals surface area contributed by atoms with Crippen LogP contribution in [0.5, 0.6) is 0 Å². The lowest BCUT2D eigenvalue weighted by atomic mass is 9.62. The van der Waals surface area contributed by atoms with Crippen molar-refractivity contribution in [1.29, 1.82) is 0 Å². The van der Waals surface area contributed by atoms with Gasteiger partial charge in [0.1, 0.15) is 0 Å². The third-order valence-corrected chi connectivity index (χ3v) is 15.6. The fraction of sp³-hybridized carbons (Fsp3) is 0.0870. The number of para-hydroxylation sites is 3. The first kappa shape index (κ1) is 29.0. The summed E-state index contributed by atoms with van der Waals surface area (Å²) in [5, 5.41) is 8.39. The van der Waals surface area contributed by atoms with Crippen molar-refractivity contribution >= 4 is 58.9 Å². The van der Waals surface area contributed by atoms with Crippen molar-refractivity contribution in [2.75, 3.05) is 0 Å². The van der Waals surface area contributed by atoms with Crippen LogP contribution < -0.4 is 21.1 Å². The molecule has 0 radical (unpaired) electrons. The SMILES string of the molecule is C[Si](C)(C)c1ccc(-c2ccc3c(c2)C2(c4ccccc4-n4c5ccccc5c5cccc2c54)c2ccccc2P3c2ccccc2)cc1. The van der Waals surface area contributed by atoms with Crippen molar-refractivity contribution in [3.05, 3.63) is 186 Å². The molecule has 234 valence electrons. The molecule has 3 heteroatoms. The number of rotatable bonds is 3. The molecule has 0 fully saturated rings. The lowest BCUT2D eigenvalue weighted by Gasteiger charge is -2.48. The summed E-state index contributed by atoms with van der Waals surface area (Å²) in [6, 6.07) is 62.6. The molecule has 1 nitrogen and oxygen atoms in total.